The maximum absolute atomic E-state index is 14.0. The molecule has 3 fully saturated rings. The summed E-state index contributed by atoms with van der Waals surface area (Å²) in [4.78, 5) is 52.9. The minimum atomic E-state index is -1.95. The Balaban J connectivity index is 1.50. The Bertz CT molecular complexity index is 1570. The first-order chi connectivity index (χ1) is 19.4. The van der Waals surface area contributed by atoms with Crippen molar-refractivity contribution >= 4 is 65.1 Å². The SMILES string of the molecule is COc1cc(C2C3=CCC4C(=O)N(c5cccc(B(O)O)c5)C(=O)C4C3CC3(Cl)C(=O)N(C)C(=O)C23Cl)ccc1O. The van der Waals surface area contributed by atoms with E-state index in [2.05, 4.69) is 0 Å². The number of carbonyl (C=O) groups is 4. The molecule has 6 atom stereocenters. The van der Waals surface area contributed by atoms with Crippen molar-refractivity contribution in [3.05, 3.63) is 59.7 Å². The maximum Gasteiger partial charge on any atom is 0.488 e. The molecule has 2 heterocycles. The van der Waals surface area contributed by atoms with Crippen LogP contribution in [0.15, 0.2) is 54.1 Å². The van der Waals surface area contributed by atoms with Gasteiger partial charge in [0.1, 0.15) is 0 Å². The fraction of sp³-hybridized carbons (Fsp3) is 0.357. The zero-order valence-corrected chi connectivity index (χ0v) is 23.5. The lowest BCUT2D eigenvalue weighted by molar-refractivity contribution is -0.138. The molecule has 2 saturated heterocycles. The monoisotopic (exact) mass is 598 g/mol. The topological polar surface area (TPSA) is 145 Å². The van der Waals surface area contributed by atoms with Gasteiger partial charge in [-0.2, -0.15) is 0 Å². The number of hydrogen-bond donors (Lipinski definition) is 3. The number of likely N-dealkylation sites (tertiary alicyclic amines) is 1. The van der Waals surface area contributed by atoms with E-state index in [0.29, 0.717) is 11.1 Å². The van der Waals surface area contributed by atoms with Gasteiger partial charge >= 0.3 is 7.12 Å². The van der Waals surface area contributed by atoms with Crippen molar-refractivity contribution in [2.45, 2.75) is 28.5 Å². The number of halogens is 2. The second kappa shape index (κ2) is 9.32. The van der Waals surface area contributed by atoms with E-state index in [-0.39, 0.29) is 35.5 Å². The lowest BCUT2D eigenvalue weighted by Gasteiger charge is -2.50. The quantitative estimate of drug-likeness (QED) is 0.207. The Labute approximate surface area is 245 Å². The molecule has 2 aliphatic heterocycles. The summed E-state index contributed by atoms with van der Waals surface area (Å²) < 4.78 is 5.29. The van der Waals surface area contributed by atoms with Crippen LogP contribution in [0.3, 0.4) is 0 Å². The standard InChI is InChI=1S/C28H25BCl2N2O8/c1-32-25(37)27(30)12-18-16(22(28(27,31)26(32)38)13-6-9-19(34)20(10-13)41-2)7-8-17-21(18)24(36)33(23(17)35)15-5-3-4-14(11-15)29(39)40/h3-7,9-11,17-18,21-22,34,39-40H,8,12H2,1-2H3. The summed E-state index contributed by atoms with van der Waals surface area (Å²) in [7, 11) is 0.881. The molecule has 0 spiro atoms. The second-order valence-electron chi connectivity index (χ2n) is 10.9. The Kier molecular flexibility index (Phi) is 6.31. The number of nitrogens with zero attached hydrogens (tertiary/aromatic N) is 2. The molecule has 0 bridgehead atoms. The molecule has 41 heavy (non-hydrogen) atoms. The van der Waals surface area contributed by atoms with Gasteiger partial charge in [0.15, 0.2) is 21.2 Å². The van der Waals surface area contributed by atoms with Gasteiger partial charge in [-0.25, -0.2) is 0 Å². The highest BCUT2D eigenvalue weighted by Gasteiger charge is 2.75. The molecule has 6 unspecified atom stereocenters. The number of fused-ring (bicyclic) bond motifs is 4. The molecule has 212 valence electrons. The van der Waals surface area contributed by atoms with Gasteiger partial charge in [0.05, 0.1) is 24.6 Å². The summed E-state index contributed by atoms with van der Waals surface area (Å²) in [5.74, 6) is -5.76. The number of anilines is 1. The van der Waals surface area contributed by atoms with Gasteiger partial charge in [0.2, 0.25) is 11.8 Å². The van der Waals surface area contributed by atoms with Crippen LogP contribution < -0.4 is 15.1 Å². The Morgan fingerprint density at radius 1 is 1.00 bits per heavy atom. The van der Waals surface area contributed by atoms with Gasteiger partial charge in [-0.05, 0) is 54.1 Å². The molecule has 2 aromatic rings. The molecule has 4 aliphatic rings. The molecule has 6 rings (SSSR count). The first kappa shape index (κ1) is 27.8. The highest BCUT2D eigenvalue weighted by Crippen LogP contribution is 2.65. The number of amides is 4. The largest absolute Gasteiger partial charge is 0.504 e. The molecule has 4 amide bonds. The number of ether oxygens (including phenoxy) is 1. The predicted octanol–water partition coefficient (Wildman–Crippen LogP) is 1.27. The van der Waals surface area contributed by atoms with Crippen molar-refractivity contribution in [2.75, 3.05) is 19.1 Å². The smallest absolute Gasteiger partial charge is 0.488 e. The molecule has 2 aromatic carbocycles. The third kappa shape index (κ3) is 3.59. The number of alkyl halides is 2. The molecular formula is C28H25BCl2N2O8. The average Bonchev–Trinajstić information content (AvgIpc) is 3.28. The van der Waals surface area contributed by atoms with Gasteiger partial charge in [-0.1, -0.05) is 29.8 Å². The van der Waals surface area contributed by atoms with Crippen molar-refractivity contribution in [2.24, 2.45) is 17.8 Å². The van der Waals surface area contributed by atoms with Gasteiger partial charge in [0, 0.05) is 13.0 Å². The molecule has 1 saturated carbocycles. The van der Waals surface area contributed by atoms with E-state index < -0.39 is 64.2 Å². The van der Waals surface area contributed by atoms with Crippen LogP contribution in [-0.4, -0.2) is 74.7 Å². The number of hydrogen-bond acceptors (Lipinski definition) is 8. The lowest BCUT2D eigenvalue weighted by atomic mass is 9.56. The highest BCUT2D eigenvalue weighted by atomic mass is 35.5. The van der Waals surface area contributed by atoms with Crippen molar-refractivity contribution in [3.63, 3.8) is 0 Å². The van der Waals surface area contributed by atoms with E-state index in [0.717, 1.165) is 9.80 Å². The zero-order valence-electron chi connectivity index (χ0n) is 22.0. The predicted molar refractivity (Wildman–Crippen MR) is 149 cm³/mol. The number of imide groups is 2. The van der Waals surface area contributed by atoms with Crippen LogP contribution in [0.4, 0.5) is 5.69 Å². The van der Waals surface area contributed by atoms with Crippen LogP contribution >= 0.6 is 23.2 Å². The number of phenols is 1. The average molecular weight is 599 g/mol. The van der Waals surface area contributed by atoms with Gasteiger partial charge < -0.3 is 19.9 Å². The Hall–Kier alpha value is -3.38. The Morgan fingerprint density at radius 2 is 1.73 bits per heavy atom. The first-order valence-electron chi connectivity index (χ1n) is 13.0. The summed E-state index contributed by atoms with van der Waals surface area (Å²) in [6.45, 7) is 0. The van der Waals surface area contributed by atoms with Crippen LogP contribution in [0, 0.1) is 17.8 Å². The summed E-state index contributed by atoms with van der Waals surface area (Å²) in [5, 5.41) is 29.5. The summed E-state index contributed by atoms with van der Waals surface area (Å²) in [6.07, 6.45) is 1.81. The van der Waals surface area contributed by atoms with E-state index in [9.17, 15) is 34.3 Å². The van der Waals surface area contributed by atoms with E-state index in [1.54, 1.807) is 12.1 Å². The number of methoxy groups -OCH3 is 1. The van der Waals surface area contributed by atoms with Crippen LogP contribution in [0.25, 0.3) is 0 Å². The van der Waals surface area contributed by atoms with Crippen molar-refractivity contribution in [3.8, 4) is 11.5 Å². The molecule has 3 N–H and O–H groups in total. The first-order valence-corrected chi connectivity index (χ1v) is 13.7. The lowest BCUT2D eigenvalue weighted by Crippen LogP contribution is -2.60. The van der Waals surface area contributed by atoms with Gasteiger partial charge in [0.25, 0.3) is 11.8 Å². The fourth-order valence-electron chi connectivity index (χ4n) is 7.07. The maximum atomic E-state index is 14.0. The molecule has 0 radical (unpaired) electrons. The Morgan fingerprint density at radius 3 is 2.41 bits per heavy atom. The van der Waals surface area contributed by atoms with E-state index in [1.807, 2.05) is 0 Å². The third-order valence-corrected chi connectivity index (χ3v) is 10.4. The normalized spacial score (nSPS) is 32.5. The third-order valence-electron chi connectivity index (χ3n) is 8.98. The summed E-state index contributed by atoms with van der Waals surface area (Å²) in [5.41, 5.74) is 1.35. The zero-order chi connectivity index (χ0) is 29.6. The molecule has 10 nitrogen and oxygen atoms in total. The summed E-state index contributed by atoms with van der Waals surface area (Å²) >= 11 is 14.3. The summed E-state index contributed by atoms with van der Waals surface area (Å²) in [6, 6.07) is 10.3. The van der Waals surface area contributed by atoms with Gasteiger partial charge in [-0.3, -0.25) is 29.0 Å². The number of allylic oxidation sites excluding steroid dienone is 2. The molecule has 0 aromatic heterocycles. The second-order valence-corrected chi connectivity index (χ2v) is 12.2. The number of rotatable bonds is 4. The van der Waals surface area contributed by atoms with Crippen LogP contribution in [-0.2, 0) is 19.2 Å². The van der Waals surface area contributed by atoms with E-state index in [1.165, 1.54) is 50.6 Å². The molecular weight excluding hydrogens is 574 g/mol. The van der Waals surface area contributed by atoms with Crippen LogP contribution in [0.1, 0.15) is 24.3 Å². The number of carbonyl (C=O) groups excluding carboxylic acids is 4. The number of phenolic OH excluding ortho intramolecular Hbond substituents is 1. The number of benzene rings is 2. The minimum Gasteiger partial charge on any atom is -0.504 e. The van der Waals surface area contributed by atoms with E-state index >= 15 is 0 Å². The van der Waals surface area contributed by atoms with Crippen LogP contribution in [0.2, 0.25) is 0 Å². The van der Waals surface area contributed by atoms with Crippen molar-refractivity contribution in [1.82, 2.24) is 4.90 Å². The van der Waals surface area contributed by atoms with Gasteiger partial charge in [-0.15, -0.1) is 23.2 Å². The minimum absolute atomic E-state index is 0.112. The van der Waals surface area contributed by atoms with E-state index in [4.69, 9.17) is 27.9 Å². The van der Waals surface area contributed by atoms with Crippen molar-refractivity contribution < 1.29 is 39.1 Å². The molecule has 2 aliphatic carbocycles. The number of aromatic hydroxyl groups is 1. The van der Waals surface area contributed by atoms with Crippen molar-refractivity contribution in [1.29, 1.82) is 0 Å². The fourth-order valence-corrected chi connectivity index (χ4v) is 8.09. The highest BCUT2D eigenvalue weighted by molar-refractivity contribution is 6.58. The molecule has 13 heteroatoms. The van der Waals surface area contributed by atoms with Crippen LogP contribution in [0.5, 0.6) is 11.5 Å².